The van der Waals surface area contributed by atoms with Crippen molar-refractivity contribution in [3.05, 3.63) is 41.2 Å². The zero-order valence-electron chi connectivity index (χ0n) is 9.47. The molecule has 0 bridgehead atoms. The van der Waals surface area contributed by atoms with Crippen LogP contribution >= 0.6 is 11.6 Å². The number of allylic oxidation sites excluding steroid dienone is 2. The summed E-state index contributed by atoms with van der Waals surface area (Å²) in [5, 5.41) is 0.128. The zero-order valence-corrected chi connectivity index (χ0v) is 10.2. The van der Waals surface area contributed by atoms with Crippen molar-refractivity contribution in [2.24, 2.45) is 0 Å². The van der Waals surface area contributed by atoms with E-state index in [1.165, 1.54) is 18.4 Å². The lowest BCUT2D eigenvalue weighted by atomic mass is 9.99. The molecule has 1 aliphatic rings. The van der Waals surface area contributed by atoms with E-state index >= 15 is 0 Å². The Morgan fingerprint density at radius 2 is 2.12 bits per heavy atom. The molecule has 16 heavy (non-hydrogen) atoms. The Bertz CT molecular complexity index is 409. The number of halogens is 2. The molecule has 1 unspecified atom stereocenters. The van der Waals surface area contributed by atoms with Gasteiger partial charge in [0.15, 0.2) is 0 Å². The van der Waals surface area contributed by atoms with Crippen LogP contribution in [-0.4, -0.2) is 5.38 Å². The van der Waals surface area contributed by atoms with Crippen LogP contribution in [0.4, 0.5) is 4.39 Å². The fourth-order valence-corrected chi connectivity index (χ4v) is 2.43. The van der Waals surface area contributed by atoms with Crippen LogP contribution in [0.2, 0.25) is 0 Å². The molecule has 0 aliphatic heterocycles. The Morgan fingerprint density at radius 3 is 2.88 bits per heavy atom. The van der Waals surface area contributed by atoms with E-state index in [-0.39, 0.29) is 11.2 Å². The van der Waals surface area contributed by atoms with Gasteiger partial charge in [0.05, 0.1) is 5.38 Å². The van der Waals surface area contributed by atoms with Crippen molar-refractivity contribution >= 4 is 17.2 Å². The monoisotopic (exact) mass is 238 g/mol. The molecule has 0 saturated carbocycles. The second kappa shape index (κ2) is 5.01. The average Bonchev–Trinajstić information content (AvgIpc) is 2.47. The summed E-state index contributed by atoms with van der Waals surface area (Å²) in [6.45, 7) is 1.80. The maximum absolute atomic E-state index is 13.2. The van der Waals surface area contributed by atoms with Gasteiger partial charge in [-0.2, -0.15) is 0 Å². The summed E-state index contributed by atoms with van der Waals surface area (Å²) in [6.07, 6.45) is 6.57. The summed E-state index contributed by atoms with van der Waals surface area (Å²) in [5.74, 6) is -0.139. The van der Waals surface area contributed by atoms with Gasteiger partial charge in [0, 0.05) is 0 Å². The first kappa shape index (κ1) is 11.7. The molecular weight excluding hydrogens is 223 g/mol. The minimum Gasteiger partial charge on any atom is -0.207 e. The summed E-state index contributed by atoms with van der Waals surface area (Å²) >= 11 is 6.19. The van der Waals surface area contributed by atoms with Crippen molar-refractivity contribution in [3.8, 4) is 0 Å². The van der Waals surface area contributed by atoms with Crippen LogP contribution in [0, 0.1) is 12.7 Å². The molecule has 1 aromatic carbocycles. The lowest BCUT2D eigenvalue weighted by Gasteiger charge is -2.08. The van der Waals surface area contributed by atoms with Crippen LogP contribution in [0.3, 0.4) is 0 Å². The Kier molecular flexibility index (Phi) is 3.65. The van der Waals surface area contributed by atoms with Crippen molar-refractivity contribution in [1.29, 1.82) is 0 Å². The predicted molar refractivity (Wildman–Crippen MR) is 67.2 cm³/mol. The van der Waals surface area contributed by atoms with Gasteiger partial charge < -0.3 is 0 Å². The van der Waals surface area contributed by atoms with Gasteiger partial charge in [-0.25, -0.2) is 4.39 Å². The quantitative estimate of drug-likeness (QED) is 0.622. The van der Waals surface area contributed by atoms with Crippen molar-refractivity contribution in [2.75, 3.05) is 0 Å². The minimum atomic E-state index is -0.139. The smallest absolute Gasteiger partial charge is 0.126 e. The summed E-state index contributed by atoms with van der Waals surface area (Å²) in [4.78, 5) is 0. The molecule has 0 N–H and O–H groups in total. The predicted octanol–water partition coefficient (Wildman–Crippen LogP) is 4.70. The van der Waals surface area contributed by atoms with Crippen LogP contribution in [-0.2, 0) is 0 Å². The number of alkyl halides is 1. The first-order valence-electron chi connectivity index (χ1n) is 5.78. The number of hydrogen-bond donors (Lipinski definition) is 0. The Morgan fingerprint density at radius 1 is 1.31 bits per heavy atom. The summed E-state index contributed by atoms with van der Waals surface area (Å²) < 4.78 is 13.2. The normalized spacial score (nSPS) is 21.4. The van der Waals surface area contributed by atoms with Crippen molar-refractivity contribution in [2.45, 2.75) is 38.0 Å². The van der Waals surface area contributed by atoms with Gasteiger partial charge in [-0.3, -0.25) is 0 Å². The number of rotatable bonds is 1. The molecule has 1 atom stereocenters. The van der Waals surface area contributed by atoms with Gasteiger partial charge in [0.2, 0.25) is 0 Å². The van der Waals surface area contributed by atoms with E-state index in [1.807, 2.05) is 12.1 Å². The Hall–Kier alpha value is -0.820. The van der Waals surface area contributed by atoms with E-state index in [0.29, 0.717) is 5.56 Å². The Balaban J connectivity index is 2.31. The molecule has 0 amide bonds. The molecule has 0 heterocycles. The molecule has 0 radical (unpaired) electrons. The lowest BCUT2D eigenvalue weighted by Crippen LogP contribution is -1.92. The van der Waals surface area contributed by atoms with Crippen LogP contribution in [0.25, 0.3) is 5.57 Å². The zero-order chi connectivity index (χ0) is 11.5. The van der Waals surface area contributed by atoms with Crippen molar-refractivity contribution in [1.82, 2.24) is 0 Å². The number of benzene rings is 1. The second-order valence-corrected chi connectivity index (χ2v) is 4.98. The first-order chi connectivity index (χ1) is 7.66. The second-order valence-electron chi connectivity index (χ2n) is 4.42. The summed E-state index contributed by atoms with van der Waals surface area (Å²) in [6, 6.07) is 5.30. The minimum absolute atomic E-state index is 0.128. The van der Waals surface area contributed by atoms with E-state index in [1.54, 1.807) is 13.0 Å². The Labute approximate surface area is 101 Å². The third kappa shape index (κ3) is 2.65. The molecule has 0 fully saturated rings. The third-order valence-corrected chi connectivity index (χ3v) is 3.43. The highest BCUT2D eigenvalue weighted by Crippen LogP contribution is 2.28. The molecule has 1 aliphatic carbocycles. The van der Waals surface area contributed by atoms with Crippen molar-refractivity contribution in [3.63, 3.8) is 0 Å². The topological polar surface area (TPSA) is 0 Å². The fourth-order valence-electron chi connectivity index (χ4n) is 2.12. The van der Waals surface area contributed by atoms with E-state index in [9.17, 15) is 4.39 Å². The standard InChI is InChI=1S/C14H16ClF/c1-10-8-12(6-7-14(10)16)11-4-2-3-5-13(15)9-11/h6-9,13H,2-5H2,1H3. The molecule has 0 saturated heterocycles. The molecule has 2 rings (SSSR count). The van der Waals surface area contributed by atoms with E-state index in [0.717, 1.165) is 18.4 Å². The maximum Gasteiger partial charge on any atom is 0.126 e. The number of hydrogen-bond acceptors (Lipinski definition) is 0. The molecule has 0 aromatic heterocycles. The van der Waals surface area contributed by atoms with Gasteiger partial charge in [0.25, 0.3) is 0 Å². The molecule has 0 spiro atoms. The highest BCUT2D eigenvalue weighted by molar-refractivity contribution is 6.22. The van der Waals surface area contributed by atoms with Gasteiger partial charge in [0.1, 0.15) is 5.82 Å². The van der Waals surface area contributed by atoms with Crippen LogP contribution < -0.4 is 0 Å². The van der Waals surface area contributed by atoms with E-state index in [2.05, 4.69) is 6.08 Å². The van der Waals surface area contributed by atoms with Crippen LogP contribution in [0.15, 0.2) is 24.3 Å². The van der Waals surface area contributed by atoms with Gasteiger partial charge in [-0.05, 0) is 55.0 Å². The molecule has 0 nitrogen and oxygen atoms in total. The van der Waals surface area contributed by atoms with Crippen LogP contribution in [0.5, 0.6) is 0 Å². The largest absolute Gasteiger partial charge is 0.207 e. The fraction of sp³-hybridized carbons (Fsp3) is 0.429. The average molecular weight is 239 g/mol. The van der Waals surface area contributed by atoms with Crippen molar-refractivity contribution < 1.29 is 4.39 Å². The highest BCUT2D eigenvalue weighted by Gasteiger charge is 2.11. The summed E-state index contributed by atoms with van der Waals surface area (Å²) in [7, 11) is 0. The van der Waals surface area contributed by atoms with Gasteiger partial charge in [-0.1, -0.05) is 18.6 Å². The number of aryl methyl sites for hydroxylation is 1. The highest BCUT2D eigenvalue weighted by atomic mass is 35.5. The van der Waals surface area contributed by atoms with Crippen LogP contribution in [0.1, 0.15) is 36.8 Å². The summed E-state index contributed by atoms with van der Waals surface area (Å²) in [5.41, 5.74) is 3.08. The third-order valence-electron chi connectivity index (χ3n) is 3.09. The molecule has 1 aromatic rings. The lowest BCUT2D eigenvalue weighted by molar-refractivity contribution is 0.618. The van der Waals surface area contributed by atoms with E-state index < -0.39 is 0 Å². The molecule has 2 heteroatoms. The van der Waals surface area contributed by atoms with Gasteiger partial charge in [-0.15, -0.1) is 11.6 Å². The SMILES string of the molecule is Cc1cc(C2=CC(Cl)CCCC2)ccc1F. The maximum atomic E-state index is 13.2. The van der Waals surface area contributed by atoms with Gasteiger partial charge >= 0.3 is 0 Å². The van der Waals surface area contributed by atoms with E-state index in [4.69, 9.17) is 11.6 Å². The molecular formula is C14H16ClF. The first-order valence-corrected chi connectivity index (χ1v) is 6.22. The molecule has 86 valence electrons.